The largest absolute Gasteiger partial charge is 0.487 e. The molecule has 2 aliphatic heterocycles. The van der Waals surface area contributed by atoms with Gasteiger partial charge in [0.25, 0.3) is 0 Å². The molecule has 0 spiro atoms. The number of fused-ring (bicyclic) bond motifs is 3. The van der Waals surface area contributed by atoms with E-state index in [1.165, 1.54) is 17.7 Å². The van der Waals surface area contributed by atoms with E-state index in [9.17, 15) is 9.18 Å². The van der Waals surface area contributed by atoms with Gasteiger partial charge in [-0.3, -0.25) is 0 Å². The first-order chi connectivity index (χ1) is 15.4. The summed E-state index contributed by atoms with van der Waals surface area (Å²) in [6, 6.07) is 5.88. The standard InChI is InChI=1S/C24H26FN3O4/c1-15-20-10-5-16(4-3-11-24(2)22(32-24)21(20)31-23(15)29)12-28-13-18(26-27-28)14-30-19-8-6-17(25)7-9-19/h4,6-9,13,20-22H,1,3,5,10-12,14H2,2H3/b16-4+/t20-,21-,22-,24+/m0/s1. The maximum absolute atomic E-state index is 13.0. The number of esters is 1. The normalized spacial score (nSPS) is 31.2. The molecular weight excluding hydrogens is 413 g/mol. The van der Waals surface area contributed by atoms with Gasteiger partial charge in [0.2, 0.25) is 0 Å². The lowest BCUT2D eigenvalue weighted by atomic mass is 9.84. The average molecular weight is 439 g/mol. The molecule has 5 rings (SSSR count). The molecule has 1 aromatic heterocycles. The highest BCUT2D eigenvalue weighted by Crippen LogP contribution is 2.49. The van der Waals surface area contributed by atoms with Crippen molar-refractivity contribution in [2.45, 2.75) is 63.6 Å². The fourth-order valence-electron chi connectivity index (χ4n) is 4.64. The Morgan fingerprint density at radius 1 is 1.34 bits per heavy atom. The molecule has 168 valence electrons. The summed E-state index contributed by atoms with van der Waals surface area (Å²) in [6.07, 6.45) is 7.21. The Morgan fingerprint density at radius 3 is 2.97 bits per heavy atom. The van der Waals surface area contributed by atoms with Crippen LogP contribution in [0, 0.1) is 11.7 Å². The third-order valence-corrected chi connectivity index (χ3v) is 6.59. The zero-order valence-corrected chi connectivity index (χ0v) is 18.0. The number of rotatable bonds is 5. The fraction of sp³-hybridized carbons (Fsp3) is 0.458. The number of ether oxygens (including phenoxy) is 3. The summed E-state index contributed by atoms with van der Waals surface area (Å²) < 4.78 is 32.0. The number of carbonyl (C=O) groups excluding carboxylic acids is 1. The maximum atomic E-state index is 13.0. The molecular formula is C24H26FN3O4. The molecule has 1 aromatic carbocycles. The van der Waals surface area contributed by atoms with E-state index in [1.807, 2.05) is 6.20 Å². The predicted molar refractivity (Wildman–Crippen MR) is 113 cm³/mol. The van der Waals surface area contributed by atoms with Crippen LogP contribution < -0.4 is 4.74 Å². The van der Waals surface area contributed by atoms with Gasteiger partial charge in [0.15, 0.2) is 0 Å². The van der Waals surface area contributed by atoms with Crippen molar-refractivity contribution in [2.24, 2.45) is 5.92 Å². The number of hydrogen-bond donors (Lipinski definition) is 0. The van der Waals surface area contributed by atoms with Crippen LogP contribution in [0.1, 0.15) is 38.3 Å². The molecule has 0 N–H and O–H groups in total. The predicted octanol–water partition coefficient (Wildman–Crippen LogP) is 3.75. The summed E-state index contributed by atoms with van der Waals surface area (Å²) >= 11 is 0. The van der Waals surface area contributed by atoms with E-state index < -0.39 is 0 Å². The number of hydrogen-bond acceptors (Lipinski definition) is 6. The second-order valence-corrected chi connectivity index (χ2v) is 8.94. The van der Waals surface area contributed by atoms with Gasteiger partial charge in [0, 0.05) is 11.5 Å². The number of benzene rings is 1. The number of halogens is 1. The first kappa shape index (κ1) is 20.9. The van der Waals surface area contributed by atoms with Crippen molar-refractivity contribution in [1.29, 1.82) is 0 Å². The van der Waals surface area contributed by atoms with Gasteiger partial charge in [-0.2, -0.15) is 0 Å². The molecule has 2 saturated heterocycles. The average Bonchev–Trinajstić information content (AvgIpc) is 3.09. The smallest absolute Gasteiger partial charge is 0.334 e. The highest BCUT2D eigenvalue weighted by atomic mass is 19.1. The lowest BCUT2D eigenvalue weighted by Crippen LogP contribution is -2.29. The molecule has 0 saturated carbocycles. The number of aromatic nitrogens is 3. The minimum absolute atomic E-state index is 0.0220. The van der Waals surface area contributed by atoms with Crippen LogP contribution in [-0.2, 0) is 27.4 Å². The van der Waals surface area contributed by atoms with E-state index in [0.29, 0.717) is 23.6 Å². The van der Waals surface area contributed by atoms with E-state index in [0.717, 1.165) is 25.7 Å². The molecule has 32 heavy (non-hydrogen) atoms. The summed E-state index contributed by atoms with van der Waals surface area (Å²) in [5, 5.41) is 8.41. The number of carbonyl (C=O) groups is 1. The van der Waals surface area contributed by atoms with Gasteiger partial charge in [-0.1, -0.05) is 23.4 Å². The summed E-state index contributed by atoms with van der Waals surface area (Å²) in [5.41, 5.74) is 2.23. The molecule has 0 radical (unpaired) electrons. The van der Waals surface area contributed by atoms with Crippen molar-refractivity contribution >= 4 is 5.97 Å². The van der Waals surface area contributed by atoms with Crippen LogP contribution in [0.25, 0.3) is 0 Å². The molecule has 7 nitrogen and oxygen atoms in total. The summed E-state index contributed by atoms with van der Waals surface area (Å²) in [6.45, 7) is 6.93. The van der Waals surface area contributed by atoms with E-state index in [4.69, 9.17) is 14.2 Å². The highest BCUT2D eigenvalue weighted by molar-refractivity contribution is 5.91. The molecule has 4 atom stereocenters. The van der Waals surface area contributed by atoms with Crippen LogP contribution in [0.5, 0.6) is 5.75 Å². The zero-order chi connectivity index (χ0) is 22.3. The lowest BCUT2D eigenvalue weighted by Gasteiger charge is -2.20. The minimum atomic E-state index is -0.302. The van der Waals surface area contributed by atoms with Crippen molar-refractivity contribution in [2.75, 3.05) is 0 Å². The molecule has 0 amide bonds. The van der Waals surface area contributed by atoms with Gasteiger partial charge in [-0.25, -0.2) is 13.9 Å². The Balaban J connectivity index is 1.24. The summed E-state index contributed by atoms with van der Waals surface area (Å²) in [7, 11) is 0. The fourth-order valence-corrected chi connectivity index (χ4v) is 4.64. The molecule has 0 unspecified atom stereocenters. The second-order valence-electron chi connectivity index (χ2n) is 8.94. The highest BCUT2D eigenvalue weighted by Gasteiger charge is 2.61. The minimum Gasteiger partial charge on any atom is -0.487 e. The number of nitrogens with zero attached hydrogens (tertiary/aromatic N) is 3. The van der Waals surface area contributed by atoms with E-state index >= 15 is 0 Å². The first-order valence-corrected chi connectivity index (χ1v) is 10.9. The van der Waals surface area contributed by atoms with Crippen molar-refractivity contribution in [1.82, 2.24) is 15.0 Å². The third-order valence-electron chi connectivity index (χ3n) is 6.59. The van der Waals surface area contributed by atoms with Crippen LogP contribution in [0.3, 0.4) is 0 Å². The quantitative estimate of drug-likeness (QED) is 0.306. The molecule has 1 aliphatic carbocycles. The van der Waals surface area contributed by atoms with Crippen LogP contribution in [0.2, 0.25) is 0 Å². The molecule has 8 heteroatoms. The van der Waals surface area contributed by atoms with Crippen LogP contribution in [0.4, 0.5) is 4.39 Å². The Bertz CT molecular complexity index is 1060. The van der Waals surface area contributed by atoms with Gasteiger partial charge >= 0.3 is 5.97 Å². The molecule has 3 heterocycles. The first-order valence-electron chi connectivity index (χ1n) is 10.9. The van der Waals surface area contributed by atoms with Gasteiger partial charge in [0.1, 0.15) is 36.1 Å². The van der Waals surface area contributed by atoms with E-state index in [1.54, 1.807) is 16.8 Å². The topological polar surface area (TPSA) is 78.8 Å². The van der Waals surface area contributed by atoms with Crippen molar-refractivity contribution in [3.63, 3.8) is 0 Å². The molecule has 2 aromatic rings. The van der Waals surface area contributed by atoms with Gasteiger partial charge in [-0.05, 0) is 56.9 Å². The lowest BCUT2D eigenvalue weighted by molar-refractivity contribution is -0.140. The Kier molecular flexibility index (Phi) is 5.33. The van der Waals surface area contributed by atoms with Crippen molar-refractivity contribution < 1.29 is 23.4 Å². The molecule has 3 aliphatic rings. The second kappa shape index (κ2) is 8.16. The van der Waals surface area contributed by atoms with Crippen molar-refractivity contribution in [3.8, 4) is 5.75 Å². The van der Waals surface area contributed by atoms with E-state index in [-0.39, 0.29) is 42.1 Å². The van der Waals surface area contributed by atoms with Crippen LogP contribution in [-0.4, -0.2) is 38.8 Å². The Labute approximate surface area is 185 Å². The third kappa shape index (κ3) is 4.19. The van der Waals surface area contributed by atoms with Crippen LogP contribution in [0.15, 0.2) is 54.3 Å². The summed E-state index contributed by atoms with van der Waals surface area (Å²) in [5.74, 6) is -0.0485. The van der Waals surface area contributed by atoms with Gasteiger partial charge in [0.05, 0.1) is 18.3 Å². The zero-order valence-electron chi connectivity index (χ0n) is 18.0. The molecule has 0 bridgehead atoms. The molecule has 2 fully saturated rings. The maximum Gasteiger partial charge on any atom is 0.334 e. The van der Waals surface area contributed by atoms with Crippen LogP contribution >= 0.6 is 0 Å². The van der Waals surface area contributed by atoms with Crippen molar-refractivity contribution in [3.05, 3.63) is 65.8 Å². The van der Waals surface area contributed by atoms with E-state index in [2.05, 4.69) is 29.9 Å². The van der Waals surface area contributed by atoms with Gasteiger partial charge < -0.3 is 14.2 Å². The Hall–Kier alpha value is -3.00. The summed E-state index contributed by atoms with van der Waals surface area (Å²) in [4.78, 5) is 12.1. The van der Waals surface area contributed by atoms with Gasteiger partial charge in [-0.15, -0.1) is 5.10 Å². The number of epoxide rings is 1. The SMILES string of the molecule is C=C1C(=O)O[C@H]2[C@H]1CC/C(Cn1cc(COc3ccc(F)cc3)nn1)=C\CC[C@@]1(C)O[C@@H]21. The monoisotopic (exact) mass is 439 g/mol. The Morgan fingerprint density at radius 2 is 2.16 bits per heavy atom. The number of allylic oxidation sites excluding steroid dienone is 2.